The second-order valence-electron chi connectivity index (χ2n) is 6.14. The van der Waals surface area contributed by atoms with E-state index in [0.29, 0.717) is 5.75 Å². The number of benzene rings is 2. The zero-order chi connectivity index (χ0) is 20.2. The van der Waals surface area contributed by atoms with Crippen molar-refractivity contribution in [2.45, 2.75) is 17.9 Å². The number of sulfonamides is 1. The van der Waals surface area contributed by atoms with Gasteiger partial charge in [0.25, 0.3) is 0 Å². The second kappa shape index (κ2) is 8.49. The van der Waals surface area contributed by atoms with Gasteiger partial charge in [-0.3, -0.25) is 4.79 Å². The predicted molar refractivity (Wildman–Crippen MR) is 100 cm³/mol. The highest BCUT2D eigenvalue weighted by Crippen LogP contribution is 2.28. The number of para-hydroxylation sites is 1. The Morgan fingerprint density at radius 1 is 1.11 bits per heavy atom. The number of hydrogen-bond donors (Lipinski definition) is 0. The number of carbonyl (C=O) groups excluding carboxylic acids is 1. The molecule has 0 aliphatic carbocycles. The van der Waals surface area contributed by atoms with Crippen LogP contribution in [0.3, 0.4) is 0 Å². The normalized spacial score (nSPS) is 12.7. The number of carbonyl (C=O) groups is 1. The van der Waals surface area contributed by atoms with E-state index in [1.54, 1.807) is 20.2 Å². The molecule has 6 nitrogen and oxygen atoms in total. The summed E-state index contributed by atoms with van der Waals surface area (Å²) >= 11 is 0. The molecule has 146 valence electrons. The summed E-state index contributed by atoms with van der Waals surface area (Å²) in [5.74, 6) is -0.253. The molecular formula is C19H23FN2O4S. The number of nitrogens with zero attached hydrogens (tertiary/aromatic N) is 2. The Bertz CT molecular complexity index is 900. The third-order valence-electron chi connectivity index (χ3n) is 4.44. The van der Waals surface area contributed by atoms with Crippen LogP contribution in [0.15, 0.2) is 53.4 Å². The number of rotatable bonds is 7. The van der Waals surface area contributed by atoms with E-state index in [-0.39, 0.29) is 23.4 Å². The topological polar surface area (TPSA) is 66.9 Å². The van der Waals surface area contributed by atoms with Crippen molar-refractivity contribution < 1.29 is 22.3 Å². The van der Waals surface area contributed by atoms with Crippen LogP contribution < -0.4 is 4.74 Å². The van der Waals surface area contributed by atoms with Gasteiger partial charge in [-0.1, -0.05) is 18.2 Å². The molecule has 0 fully saturated rings. The van der Waals surface area contributed by atoms with Gasteiger partial charge in [0.1, 0.15) is 11.6 Å². The van der Waals surface area contributed by atoms with E-state index in [1.807, 2.05) is 25.1 Å². The predicted octanol–water partition coefficient (Wildman–Crippen LogP) is 2.67. The van der Waals surface area contributed by atoms with Crippen molar-refractivity contribution in [3.8, 4) is 5.75 Å². The minimum Gasteiger partial charge on any atom is -0.496 e. The molecule has 2 aromatic carbocycles. The zero-order valence-corrected chi connectivity index (χ0v) is 16.5. The van der Waals surface area contributed by atoms with Crippen LogP contribution in [0.5, 0.6) is 5.75 Å². The molecule has 0 saturated heterocycles. The monoisotopic (exact) mass is 394 g/mol. The van der Waals surface area contributed by atoms with Crippen LogP contribution in [0.1, 0.15) is 18.5 Å². The maximum Gasteiger partial charge on any atom is 0.243 e. The fourth-order valence-corrected chi connectivity index (χ4v) is 3.73. The molecule has 1 atom stereocenters. The number of methoxy groups -OCH3 is 1. The zero-order valence-electron chi connectivity index (χ0n) is 15.7. The first-order chi connectivity index (χ1) is 12.7. The molecule has 0 spiro atoms. The van der Waals surface area contributed by atoms with Gasteiger partial charge in [0.15, 0.2) is 0 Å². The lowest BCUT2D eigenvalue weighted by molar-refractivity contribution is -0.131. The van der Waals surface area contributed by atoms with Gasteiger partial charge in [-0.2, -0.15) is 4.31 Å². The molecule has 1 amide bonds. The van der Waals surface area contributed by atoms with Gasteiger partial charge in [0.05, 0.1) is 24.6 Å². The van der Waals surface area contributed by atoms with Crippen molar-refractivity contribution in [2.24, 2.45) is 0 Å². The minimum absolute atomic E-state index is 0.0698. The molecule has 2 aromatic rings. The Morgan fingerprint density at radius 3 is 2.30 bits per heavy atom. The molecule has 0 bridgehead atoms. The van der Waals surface area contributed by atoms with Crippen molar-refractivity contribution in [3.63, 3.8) is 0 Å². The van der Waals surface area contributed by atoms with Crippen molar-refractivity contribution in [2.75, 3.05) is 27.7 Å². The Kier molecular flexibility index (Phi) is 6.56. The molecule has 0 aliphatic heterocycles. The van der Waals surface area contributed by atoms with E-state index in [2.05, 4.69) is 0 Å². The molecule has 1 unspecified atom stereocenters. The fraction of sp³-hybridized carbons (Fsp3) is 0.316. The van der Waals surface area contributed by atoms with E-state index >= 15 is 0 Å². The van der Waals surface area contributed by atoms with Crippen LogP contribution in [0.4, 0.5) is 4.39 Å². The third-order valence-corrected chi connectivity index (χ3v) is 6.26. The molecule has 0 aromatic heterocycles. The van der Waals surface area contributed by atoms with E-state index in [1.165, 1.54) is 24.1 Å². The lowest BCUT2D eigenvalue weighted by Gasteiger charge is -2.28. The highest BCUT2D eigenvalue weighted by Gasteiger charge is 2.26. The van der Waals surface area contributed by atoms with Crippen LogP contribution in [-0.4, -0.2) is 51.3 Å². The maximum absolute atomic E-state index is 13.0. The van der Waals surface area contributed by atoms with Crippen molar-refractivity contribution in [1.82, 2.24) is 9.21 Å². The van der Waals surface area contributed by atoms with Gasteiger partial charge in [0.2, 0.25) is 15.9 Å². The van der Waals surface area contributed by atoms with Crippen molar-refractivity contribution in [3.05, 3.63) is 59.9 Å². The molecular weight excluding hydrogens is 371 g/mol. The van der Waals surface area contributed by atoms with Gasteiger partial charge in [-0.05, 0) is 37.3 Å². The van der Waals surface area contributed by atoms with Gasteiger partial charge in [0, 0.05) is 19.7 Å². The molecule has 2 rings (SSSR count). The van der Waals surface area contributed by atoms with Crippen LogP contribution in [0.25, 0.3) is 0 Å². The highest BCUT2D eigenvalue weighted by molar-refractivity contribution is 7.89. The van der Waals surface area contributed by atoms with E-state index < -0.39 is 15.8 Å². The third kappa shape index (κ3) is 4.64. The number of likely N-dealkylation sites (N-methyl/N-ethyl adjacent to an activating group) is 2. The minimum atomic E-state index is -3.89. The largest absolute Gasteiger partial charge is 0.496 e. The molecule has 8 heteroatoms. The molecule has 0 heterocycles. The van der Waals surface area contributed by atoms with Gasteiger partial charge in [-0.15, -0.1) is 0 Å². The number of hydrogen-bond acceptors (Lipinski definition) is 4. The lowest BCUT2D eigenvalue weighted by atomic mass is 10.1. The first kappa shape index (κ1) is 20.9. The Labute approximate surface area is 159 Å². The van der Waals surface area contributed by atoms with E-state index in [9.17, 15) is 17.6 Å². The standard InChI is InChI=1S/C19H23FN2O4S/c1-14(17-7-5-6-8-18(17)26-4)22(3)19(23)13-21(2)27(24,25)16-11-9-15(20)10-12-16/h5-12,14H,13H2,1-4H3. The quantitative estimate of drug-likeness (QED) is 0.724. The van der Waals surface area contributed by atoms with Crippen LogP contribution >= 0.6 is 0 Å². The summed E-state index contributed by atoms with van der Waals surface area (Å²) in [6, 6.07) is 11.5. The number of halogens is 1. The first-order valence-electron chi connectivity index (χ1n) is 8.29. The summed E-state index contributed by atoms with van der Waals surface area (Å²) in [7, 11) is 0.586. The summed E-state index contributed by atoms with van der Waals surface area (Å²) < 4.78 is 44.4. The average Bonchev–Trinajstić information content (AvgIpc) is 2.66. The summed E-state index contributed by atoms with van der Waals surface area (Å²) in [5, 5.41) is 0. The van der Waals surface area contributed by atoms with Gasteiger partial charge < -0.3 is 9.64 Å². The highest BCUT2D eigenvalue weighted by atomic mass is 32.2. The fourth-order valence-electron chi connectivity index (χ4n) is 2.61. The summed E-state index contributed by atoms with van der Waals surface area (Å²) in [6.07, 6.45) is 0. The molecule has 0 radical (unpaired) electrons. The number of amides is 1. The lowest BCUT2D eigenvalue weighted by Crippen LogP contribution is -2.40. The first-order valence-corrected chi connectivity index (χ1v) is 9.73. The molecule has 0 N–H and O–H groups in total. The maximum atomic E-state index is 13.0. The van der Waals surface area contributed by atoms with Crippen molar-refractivity contribution >= 4 is 15.9 Å². The van der Waals surface area contributed by atoms with Crippen LogP contribution in [0, 0.1) is 5.82 Å². The number of ether oxygens (including phenoxy) is 1. The van der Waals surface area contributed by atoms with Crippen LogP contribution in [-0.2, 0) is 14.8 Å². The SMILES string of the molecule is COc1ccccc1C(C)N(C)C(=O)CN(C)S(=O)(=O)c1ccc(F)cc1. The Balaban J connectivity index is 2.14. The smallest absolute Gasteiger partial charge is 0.243 e. The summed E-state index contributed by atoms with van der Waals surface area (Å²) in [6.45, 7) is 1.50. The summed E-state index contributed by atoms with van der Waals surface area (Å²) in [4.78, 5) is 14.0. The molecule has 0 aliphatic rings. The van der Waals surface area contributed by atoms with Crippen LogP contribution in [0.2, 0.25) is 0 Å². The second-order valence-corrected chi connectivity index (χ2v) is 8.18. The van der Waals surface area contributed by atoms with Gasteiger partial charge in [-0.25, -0.2) is 12.8 Å². The Morgan fingerprint density at radius 2 is 1.70 bits per heavy atom. The van der Waals surface area contributed by atoms with E-state index in [0.717, 1.165) is 22.0 Å². The summed E-state index contributed by atoms with van der Waals surface area (Å²) in [5.41, 5.74) is 0.819. The molecule has 0 saturated carbocycles. The van der Waals surface area contributed by atoms with E-state index in [4.69, 9.17) is 4.74 Å². The van der Waals surface area contributed by atoms with Gasteiger partial charge >= 0.3 is 0 Å². The Hall–Kier alpha value is -2.45. The average molecular weight is 394 g/mol. The molecule has 27 heavy (non-hydrogen) atoms. The van der Waals surface area contributed by atoms with Crippen molar-refractivity contribution in [1.29, 1.82) is 0 Å².